The van der Waals surface area contributed by atoms with E-state index in [-0.39, 0.29) is 16.9 Å². The molecule has 0 unspecified atom stereocenters. The van der Waals surface area contributed by atoms with Crippen LogP contribution in [0.25, 0.3) is 10.8 Å². The van der Waals surface area contributed by atoms with Crippen molar-refractivity contribution in [2.75, 3.05) is 6.54 Å². The average molecular weight is 408 g/mol. The van der Waals surface area contributed by atoms with Crippen LogP contribution in [0.15, 0.2) is 29.1 Å². The molecule has 4 saturated carbocycles. The van der Waals surface area contributed by atoms with E-state index in [0.29, 0.717) is 23.0 Å². The van der Waals surface area contributed by atoms with Gasteiger partial charge >= 0.3 is 0 Å². The fourth-order valence-electron chi connectivity index (χ4n) is 6.92. The summed E-state index contributed by atoms with van der Waals surface area (Å²) in [6.45, 7) is 3.45. The van der Waals surface area contributed by atoms with E-state index in [9.17, 15) is 9.59 Å². The Morgan fingerprint density at radius 3 is 2.33 bits per heavy atom. The third-order valence-electron chi connectivity index (χ3n) is 7.85. The Morgan fingerprint density at radius 2 is 1.70 bits per heavy atom. The molecular weight excluding hydrogens is 374 g/mol. The molecule has 160 valence electrons. The molecule has 4 bridgehead atoms. The highest BCUT2D eigenvalue weighted by atomic mass is 16.2. The van der Waals surface area contributed by atoms with E-state index < -0.39 is 0 Å². The van der Waals surface area contributed by atoms with Gasteiger partial charge in [-0.1, -0.05) is 38.0 Å². The molecule has 1 aromatic heterocycles. The highest BCUT2D eigenvalue weighted by molar-refractivity contribution is 6.04. The van der Waals surface area contributed by atoms with Crippen LogP contribution in [-0.4, -0.2) is 22.2 Å². The van der Waals surface area contributed by atoms with Gasteiger partial charge in [0, 0.05) is 18.5 Å². The summed E-state index contributed by atoms with van der Waals surface area (Å²) in [6, 6.07) is 7.39. The van der Waals surface area contributed by atoms with E-state index in [0.717, 1.165) is 43.6 Å². The average Bonchev–Trinajstić information content (AvgIpc) is 2.73. The Morgan fingerprint density at radius 1 is 1.07 bits per heavy atom. The third-order valence-corrected chi connectivity index (χ3v) is 7.85. The van der Waals surface area contributed by atoms with Gasteiger partial charge in [0.05, 0.1) is 5.39 Å². The minimum Gasteiger partial charge on any atom is -0.350 e. The lowest BCUT2D eigenvalue weighted by Crippen LogP contribution is -2.51. The summed E-state index contributed by atoms with van der Waals surface area (Å²) in [6.07, 6.45) is 11.1. The topological polar surface area (TPSA) is 64.0 Å². The molecule has 2 aromatic rings. The van der Waals surface area contributed by atoms with Gasteiger partial charge in [-0.25, -0.2) is 4.68 Å². The van der Waals surface area contributed by atoms with Crippen molar-refractivity contribution < 1.29 is 4.79 Å². The fourth-order valence-corrected chi connectivity index (χ4v) is 6.92. The van der Waals surface area contributed by atoms with Crippen molar-refractivity contribution in [3.05, 3.63) is 40.3 Å². The summed E-state index contributed by atoms with van der Waals surface area (Å²) in [5.41, 5.74) is 0.584. The Labute approximate surface area is 178 Å². The molecule has 0 saturated heterocycles. The Kier molecular flexibility index (Phi) is 5.16. The van der Waals surface area contributed by atoms with Gasteiger partial charge in [-0.3, -0.25) is 9.59 Å². The molecule has 4 aliphatic carbocycles. The van der Waals surface area contributed by atoms with Gasteiger partial charge in [0.2, 0.25) is 0 Å². The van der Waals surface area contributed by atoms with Gasteiger partial charge in [0.25, 0.3) is 11.5 Å². The molecule has 4 aliphatic rings. The summed E-state index contributed by atoms with van der Waals surface area (Å²) >= 11 is 0. The first kappa shape index (κ1) is 19.8. The molecule has 1 amide bonds. The van der Waals surface area contributed by atoms with Gasteiger partial charge in [-0.05, 0) is 74.2 Å². The minimum absolute atomic E-state index is 0.0978. The molecule has 6 rings (SSSR count). The zero-order valence-corrected chi connectivity index (χ0v) is 18.0. The zero-order chi connectivity index (χ0) is 20.7. The monoisotopic (exact) mass is 407 g/mol. The van der Waals surface area contributed by atoms with Crippen molar-refractivity contribution in [3.63, 3.8) is 0 Å². The molecule has 1 N–H and O–H groups in total. The second kappa shape index (κ2) is 7.82. The largest absolute Gasteiger partial charge is 0.350 e. The number of carbonyl (C=O) groups excluding carboxylic acids is 1. The number of rotatable bonds is 7. The van der Waals surface area contributed by atoms with Crippen LogP contribution in [-0.2, 0) is 6.54 Å². The van der Waals surface area contributed by atoms with Gasteiger partial charge in [0.1, 0.15) is 0 Å². The molecule has 30 heavy (non-hydrogen) atoms. The first-order chi connectivity index (χ1) is 14.6. The van der Waals surface area contributed by atoms with Crippen LogP contribution in [0, 0.1) is 23.2 Å². The SMILES string of the molecule is CCCCCn1nc(C(=O)NCC23CC4CC(CC(C4)C2)C3)c2ccccc2c1=O. The van der Waals surface area contributed by atoms with E-state index in [1.807, 2.05) is 24.3 Å². The standard InChI is InChI=1S/C25H33N3O2/c1-2-3-6-9-28-24(30)21-8-5-4-7-20(21)22(27-28)23(29)26-16-25-13-17-10-18(14-25)12-19(11-17)15-25/h4-5,7-8,17-19H,2-3,6,9-16H2,1H3,(H,26,29). The second-order valence-electron chi connectivity index (χ2n) is 10.2. The van der Waals surface area contributed by atoms with Gasteiger partial charge in [-0.15, -0.1) is 0 Å². The lowest BCUT2D eigenvalue weighted by Gasteiger charge is -2.56. The number of amides is 1. The molecule has 0 radical (unpaired) electrons. The molecule has 0 aliphatic heterocycles. The highest BCUT2D eigenvalue weighted by Gasteiger charge is 2.50. The maximum Gasteiger partial charge on any atom is 0.274 e. The number of carbonyl (C=O) groups is 1. The van der Waals surface area contributed by atoms with Gasteiger partial charge in [0.15, 0.2) is 5.69 Å². The summed E-state index contributed by atoms with van der Waals surface area (Å²) < 4.78 is 1.50. The maximum absolute atomic E-state index is 13.3. The van der Waals surface area contributed by atoms with E-state index in [2.05, 4.69) is 17.3 Å². The van der Waals surface area contributed by atoms with E-state index in [1.54, 1.807) is 0 Å². The van der Waals surface area contributed by atoms with Crippen LogP contribution < -0.4 is 10.9 Å². The van der Waals surface area contributed by atoms with Crippen molar-refractivity contribution in [1.82, 2.24) is 15.1 Å². The quantitative estimate of drug-likeness (QED) is 0.686. The molecule has 0 atom stereocenters. The number of nitrogens with zero attached hydrogens (tertiary/aromatic N) is 2. The molecule has 4 fully saturated rings. The Balaban J connectivity index is 1.39. The number of aryl methyl sites for hydroxylation is 1. The van der Waals surface area contributed by atoms with Crippen LogP contribution in [0.4, 0.5) is 0 Å². The van der Waals surface area contributed by atoms with Crippen LogP contribution in [0.3, 0.4) is 0 Å². The zero-order valence-electron chi connectivity index (χ0n) is 18.0. The summed E-state index contributed by atoms with van der Waals surface area (Å²) in [4.78, 5) is 26.1. The summed E-state index contributed by atoms with van der Waals surface area (Å²) in [5, 5.41) is 9.03. The molecular formula is C25H33N3O2. The highest BCUT2D eigenvalue weighted by Crippen LogP contribution is 2.59. The number of benzene rings is 1. The normalized spacial score (nSPS) is 29.4. The summed E-state index contributed by atoms with van der Waals surface area (Å²) in [7, 11) is 0. The van der Waals surface area contributed by atoms with Crippen LogP contribution in [0.2, 0.25) is 0 Å². The lowest BCUT2D eigenvalue weighted by molar-refractivity contribution is -0.0503. The molecule has 0 spiro atoms. The predicted molar refractivity (Wildman–Crippen MR) is 118 cm³/mol. The number of hydrogen-bond donors (Lipinski definition) is 1. The van der Waals surface area contributed by atoms with Crippen LogP contribution >= 0.6 is 0 Å². The molecule has 5 nitrogen and oxygen atoms in total. The molecule has 5 heteroatoms. The Bertz CT molecular complexity index is 974. The van der Waals surface area contributed by atoms with E-state index in [4.69, 9.17) is 0 Å². The number of nitrogens with one attached hydrogen (secondary N) is 1. The molecule has 1 aromatic carbocycles. The molecule has 1 heterocycles. The first-order valence-corrected chi connectivity index (χ1v) is 11.8. The fraction of sp³-hybridized carbons (Fsp3) is 0.640. The minimum atomic E-state index is -0.133. The van der Waals surface area contributed by atoms with Gasteiger partial charge in [-0.2, -0.15) is 5.10 Å². The van der Waals surface area contributed by atoms with Crippen LogP contribution in [0.1, 0.15) is 75.2 Å². The lowest BCUT2D eigenvalue weighted by atomic mass is 9.49. The number of aromatic nitrogens is 2. The van der Waals surface area contributed by atoms with Gasteiger partial charge < -0.3 is 5.32 Å². The third kappa shape index (κ3) is 3.57. The number of hydrogen-bond acceptors (Lipinski definition) is 3. The van der Waals surface area contributed by atoms with Crippen LogP contribution in [0.5, 0.6) is 0 Å². The smallest absolute Gasteiger partial charge is 0.274 e. The maximum atomic E-state index is 13.3. The van der Waals surface area contributed by atoms with Crippen molar-refractivity contribution in [1.29, 1.82) is 0 Å². The number of unbranched alkanes of at least 4 members (excludes halogenated alkanes) is 2. The Hall–Kier alpha value is -2.17. The van der Waals surface area contributed by atoms with E-state index >= 15 is 0 Å². The van der Waals surface area contributed by atoms with Crippen molar-refractivity contribution in [2.45, 2.75) is 71.3 Å². The summed E-state index contributed by atoms with van der Waals surface area (Å²) in [5.74, 6) is 2.47. The van der Waals surface area contributed by atoms with Crippen molar-refractivity contribution in [3.8, 4) is 0 Å². The van der Waals surface area contributed by atoms with E-state index in [1.165, 1.54) is 43.2 Å². The number of fused-ring (bicyclic) bond motifs is 1. The second-order valence-corrected chi connectivity index (χ2v) is 10.2. The first-order valence-electron chi connectivity index (χ1n) is 11.8. The predicted octanol–water partition coefficient (Wildman–Crippen LogP) is 4.53. The van der Waals surface area contributed by atoms with Crippen molar-refractivity contribution in [2.24, 2.45) is 23.2 Å². The van der Waals surface area contributed by atoms with Crippen molar-refractivity contribution >= 4 is 16.7 Å².